The molecule has 1 heterocycles. The van der Waals surface area contributed by atoms with E-state index in [0.29, 0.717) is 6.07 Å². The molecule has 6 heteroatoms. The van der Waals surface area contributed by atoms with Gasteiger partial charge in [-0.1, -0.05) is 0 Å². The average molecular weight is 310 g/mol. The summed E-state index contributed by atoms with van der Waals surface area (Å²) in [5, 5.41) is 2.50. The predicted octanol–water partition coefficient (Wildman–Crippen LogP) is 2.49. The fourth-order valence-corrected chi connectivity index (χ4v) is 2.66. The lowest BCUT2D eigenvalue weighted by Crippen LogP contribution is -2.43. The lowest BCUT2D eigenvalue weighted by atomic mass is 10.0. The van der Waals surface area contributed by atoms with Gasteiger partial charge in [-0.05, 0) is 38.3 Å². The fourth-order valence-electron chi connectivity index (χ4n) is 2.66. The van der Waals surface area contributed by atoms with Crippen LogP contribution in [0.15, 0.2) is 18.2 Å². The first kappa shape index (κ1) is 16.4. The molecule has 2 rings (SSSR count). The van der Waals surface area contributed by atoms with Gasteiger partial charge in [-0.3, -0.25) is 9.59 Å². The molecule has 1 N–H and O–H groups in total. The normalized spacial score (nSPS) is 18.1. The largest absolute Gasteiger partial charge is 0.351 e. The van der Waals surface area contributed by atoms with Crippen LogP contribution in [-0.4, -0.2) is 35.8 Å². The summed E-state index contributed by atoms with van der Waals surface area (Å²) in [5.41, 5.74) is -0.222. The van der Waals surface area contributed by atoms with Crippen molar-refractivity contribution in [2.45, 2.75) is 38.6 Å². The molecule has 2 amide bonds. The third-order valence-corrected chi connectivity index (χ3v) is 3.92. The first-order valence-corrected chi connectivity index (χ1v) is 7.51. The lowest BCUT2D eigenvalue weighted by Gasteiger charge is -2.33. The highest BCUT2D eigenvalue weighted by Crippen LogP contribution is 2.17. The van der Waals surface area contributed by atoms with E-state index >= 15 is 0 Å². The Morgan fingerprint density at radius 1 is 1.32 bits per heavy atom. The Morgan fingerprint density at radius 3 is 2.77 bits per heavy atom. The molecule has 4 nitrogen and oxygen atoms in total. The highest BCUT2D eigenvalue weighted by atomic mass is 19.1. The highest BCUT2D eigenvalue weighted by Gasteiger charge is 2.22. The van der Waals surface area contributed by atoms with Crippen LogP contribution in [-0.2, 0) is 4.79 Å². The molecule has 1 fully saturated rings. The number of benzene rings is 1. The zero-order valence-electron chi connectivity index (χ0n) is 12.6. The van der Waals surface area contributed by atoms with Crippen molar-refractivity contribution >= 4 is 11.8 Å². The molecule has 1 saturated heterocycles. The number of piperidine rings is 1. The molecule has 0 aliphatic carbocycles. The quantitative estimate of drug-likeness (QED) is 0.929. The number of rotatable bonds is 4. The molecule has 0 bridgehead atoms. The van der Waals surface area contributed by atoms with Crippen molar-refractivity contribution in [1.82, 2.24) is 10.2 Å². The van der Waals surface area contributed by atoms with E-state index in [9.17, 15) is 18.4 Å². The second-order valence-corrected chi connectivity index (χ2v) is 5.56. The molecule has 1 aliphatic heterocycles. The molecule has 1 atom stereocenters. The Balaban J connectivity index is 1.82. The topological polar surface area (TPSA) is 49.4 Å². The van der Waals surface area contributed by atoms with Gasteiger partial charge in [0.2, 0.25) is 5.91 Å². The van der Waals surface area contributed by atoms with E-state index < -0.39 is 17.5 Å². The first-order valence-electron chi connectivity index (χ1n) is 7.51. The second-order valence-electron chi connectivity index (χ2n) is 5.56. The van der Waals surface area contributed by atoms with E-state index in [2.05, 4.69) is 5.32 Å². The van der Waals surface area contributed by atoms with Gasteiger partial charge in [-0.15, -0.1) is 0 Å². The van der Waals surface area contributed by atoms with Gasteiger partial charge in [0.1, 0.15) is 11.6 Å². The summed E-state index contributed by atoms with van der Waals surface area (Å²) in [5.74, 6) is -2.29. The molecular weight excluding hydrogens is 290 g/mol. The summed E-state index contributed by atoms with van der Waals surface area (Å²) in [6.45, 7) is 2.90. The summed E-state index contributed by atoms with van der Waals surface area (Å²) in [6.07, 6.45) is 3.31. The molecule has 1 unspecified atom stereocenters. The molecule has 1 aromatic rings. The first-order chi connectivity index (χ1) is 10.5. The number of hydrogen-bond donors (Lipinski definition) is 1. The Hall–Kier alpha value is -1.98. The van der Waals surface area contributed by atoms with Crippen molar-refractivity contribution in [3.05, 3.63) is 35.4 Å². The maximum Gasteiger partial charge on any atom is 0.254 e. The second kappa shape index (κ2) is 7.33. The maximum absolute atomic E-state index is 13.5. The van der Waals surface area contributed by atoms with Crippen molar-refractivity contribution < 1.29 is 18.4 Å². The predicted molar refractivity (Wildman–Crippen MR) is 78.3 cm³/mol. The van der Waals surface area contributed by atoms with E-state index in [1.54, 1.807) is 0 Å². The summed E-state index contributed by atoms with van der Waals surface area (Å²) in [7, 11) is 0. The fraction of sp³-hybridized carbons (Fsp3) is 0.500. The number of nitrogens with one attached hydrogen (secondary N) is 1. The maximum atomic E-state index is 13.5. The lowest BCUT2D eigenvalue weighted by molar-refractivity contribution is -0.134. The molecule has 0 radical (unpaired) electrons. The van der Waals surface area contributed by atoms with Crippen LogP contribution < -0.4 is 5.32 Å². The average Bonchev–Trinajstić information content (AvgIpc) is 2.47. The minimum Gasteiger partial charge on any atom is -0.351 e. The van der Waals surface area contributed by atoms with E-state index in [-0.39, 0.29) is 30.5 Å². The Bertz CT molecular complexity index is 563. The molecule has 0 saturated carbocycles. The summed E-state index contributed by atoms with van der Waals surface area (Å²) in [4.78, 5) is 25.7. The minimum absolute atomic E-state index is 0.00734. The summed E-state index contributed by atoms with van der Waals surface area (Å²) in [6, 6.07) is 3.01. The summed E-state index contributed by atoms with van der Waals surface area (Å²) < 4.78 is 26.2. The van der Waals surface area contributed by atoms with E-state index in [1.165, 1.54) is 0 Å². The van der Waals surface area contributed by atoms with Gasteiger partial charge in [0.25, 0.3) is 5.91 Å². The van der Waals surface area contributed by atoms with Crippen LogP contribution in [0.4, 0.5) is 8.78 Å². The van der Waals surface area contributed by atoms with Crippen LogP contribution in [0, 0.1) is 11.6 Å². The monoisotopic (exact) mass is 310 g/mol. The van der Waals surface area contributed by atoms with E-state index in [0.717, 1.165) is 37.9 Å². The van der Waals surface area contributed by atoms with Gasteiger partial charge < -0.3 is 10.2 Å². The SMILES string of the molecule is CC1CCCCN1C(=O)CCNC(=O)c1ccc(F)cc1F. The molecule has 1 aliphatic rings. The third kappa shape index (κ3) is 4.02. The Morgan fingerprint density at radius 2 is 2.09 bits per heavy atom. The van der Waals surface area contributed by atoms with Gasteiger partial charge in [-0.2, -0.15) is 0 Å². The third-order valence-electron chi connectivity index (χ3n) is 3.92. The number of carbonyl (C=O) groups is 2. The standard InChI is InChI=1S/C16H20F2N2O2/c1-11-4-2-3-9-20(11)15(21)7-8-19-16(22)13-6-5-12(17)10-14(13)18/h5-6,10-11H,2-4,7-9H2,1H3,(H,19,22). The molecule has 120 valence electrons. The van der Waals surface area contributed by atoms with Gasteiger partial charge in [-0.25, -0.2) is 8.78 Å². The number of carbonyl (C=O) groups excluding carboxylic acids is 2. The van der Waals surface area contributed by atoms with Crippen molar-refractivity contribution in [1.29, 1.82) is 0 Å². The molecule has 0 spiro atoms. The Kier molecular flexibility index (Phi) is 5.46. The van der Waals surface area contributed by atoms with Crippen LogP contribution >= 0.6 is 0 Å². The van der Waals surface area contributed by atoms with E-state index in [1.807, 2.05) is 11.8 Å². The van der Waals surface area contributed by atoms with Crippen LogP contribution in [0.25, 0.3) is 0 Å². The zero-order valence-corrected chi connectivity index (χ0v) is 12.6. The van der Waals surface area contributed by atoms with Gasteiger partial charge >= 0.3 is 0 Å². The zero-order chi connectivity index (χ0) is 16.1. The van der Waals surface area contributed by atoms with Gasteiger partial charge in [0, 0.05) is 31.6 Å². The van der Waals surface area contributed by atoms with Crippen molar-refractivity contribution in [2.24, 2.45) is 0 Å². The smallest absolute Gasteiger partial charge is 0.254 e. The number of amides is 2. The number of nitrogens with zero attached hydrogens (tertiary/aromatic N) is 1. The summed E-state index contributed by atoms with van der Waals surface area (Å²) >= 11 is 0. The molecule has 1 aromatic carbocycles. The minimum atomic E-state index is -0.909. The van der Waals surface area contributed by atoms with Crippen molar-refractivity contribution in [3.8, 4) is 0 Å². The van der Waals surface area contributed by atoms with Crippen LogP contribution in [0.3, 0.4) is 0 Å². The van der Waals surface area contributed by atoms with Crippen molar-refractivity contribution in [2.75, 3.05) is 13.1 Å². The van der Waals surface area contributed by atoms with Gasteiger partial charge in [0.05, 0.1) is 5.56 Å². The molecular formula is C16H20F2N2O2. The molecule has 0 aromatic heterocycles. The highest BCUT2D eigenvalue weighted by molar-refractivity contribution is 5.94. The van der Waals surface area contributed by atoms with Gasteiger partial charge in [0.15, 0.2) is 0 Å². The number of halogens is 2. The Labute approximate surface area is 128 Å². The van der Waals surface area contributed by atoms with Crippen LogP contribution in [0.2, 0.25) is 0 Å². The van der Waals surface area contributed by atoms with Crippen molar-refractivity contribution in [3.63, 3.8) is 0 Å². The van der Waals surface area contributed by atoms with Crippen LogP contribution in [0.5, 0.6) is 0 Å². The number of hydrogen-bond acceptors (Lipinski definition) is 2. The molecule has 22 heavy (non-hydrogen) atoms. The van der Waals surface area contributed by atoms with E-state index in [4.69, 9.17) is 0 Å². The van der Waals surface area contributed by atoms with Crippen LogP contribution in [0.1, 0.15) is 43.0 Å². The number of likely N-dealkylation sites (tertiary alicyclic amines) is 1.